The number of ether oxygens (including phenoxy) is 2. The average molecular weight is 269 g/mol. The van der Waals surface area contributed by atoms with Crippen LogP contribution in [0.4, 0.5) is 0 Å². The molecule has 0 aromatic rings. The molecule has 1 heterocycles. The van der Waals surface area contributed by atoms with Gasteiger partial charge in [0.15, 0.2) is 0 Å². The lowest BCUT2D eigenvalue weighted by atomic mass is 9.58. The molecule has 19 heavy (non-hydrogen) atoms. The van der Waals surface area contributed by atoms with Gasteiger partial charge in [0.25, 0.3) is 0 Å². The highest BCUT2D eigenvalue weighted by Crippen LogP contribution is 2.49. The quantitative estimate of drug-likeness (QED) is 0.770. The third-order valence-corrected chi connectivity index (χ3v) is 5.31. The van der Waals surface area contributed by atoms with E-state index < -0.39 is 0 Å². The molecule has 3 heteroatoms. The van der Waals surface area contributed by atoms with E-state index in [0.29, 0.717) is 23.7 Å². The highest BCUT2D eigenvalue weighted by Gasteiger charge is 2.53. The van der Waals surface area contributed by atoms with Crippen LogP contribution in [-0.4, -0.2) is 38.0 Å². The van der Waals surface area contributed by atoms with Crippen molar-refractivity contribution in [3.8, 4) is 0 Å². The molecule has 0 aromatic heterocycles. The minimum atomic E-state index is 0.346. The van der Waals surface area contributed by atoms with Crippen molar-refractivity contribution in [3.63, 3.8) is 0 Å². The number of rotatable bonds is 7. The monoisotopic (exact) mass is 269 g/mol. The molecule has 0 radical (unpaired) electrons. The van der Waals surface area contributed by atoms with Gasteiger partial charge in [0.1, 0.15) is 0 Å². The van der Waals surface area contributed by atoms with Crippen LogP contribution < -0.4 is 5.32 Å². The van der Waals surface area contributed by atoms with Crippen LogP contribution in [0.15, 0.2) is 0 Å². The Labute approximate surface area is 118 Å². The molecule has 112 valence electrons. The Kier molecular flexibility index (Phi) is 5.67. The SMILES string of the molecule is CCNC1CC(OCC2CCCCO2)C1(CC)CC. The summed E-state index contributed by atoms with van der Waals surface area (Å²) in [6.45, 7) is 9.59. The highest BCUT2D eigenvalue weighted by molar-refractivity contribution is 5.06. The van der Waals surface area contributed by atoms with Crippen molar-refractivity contribution in [3.05, 3.63) is 0 Å². The van der Waals surface area contributed by atoms with E-state index in [-0.39, 0.29) is 0 Å². The van der Waals surface area contributed by atoms with Crippen molar-refractivity contribution in [2.45, 2.75) is 77.5 Å². The average Bonchev–Trinajstić information content (AvgIpc) is 2.44. The van der Waals surface area contributed by atoms with Gasteiger partial charge in [-0.1, -0.05) is 20.8 Å². The second-order valence-electron chi connectivity index (χ2n) is 6.10. The zero-order chi connectivity index (χ0) is 13.7. The van der Waals surface area contributed by atoms with Crippen molar-refractivity contribution in [2.75, 3.05) is 19.8 Å². The molecule has 2 aliphatic rings. The third kappa shape index (κ3) is 3.14. The number of nitrogens with one attached hydrogen (secondary N) is 1. The predicted molar refractivity (Wildman–Crippen MR) is 78.4 cm³/mol. The fourth-order valence-corrected chi connectivity index (χ4v) is 3.87. The van der Waals surface area contributed by atoms with E-state index in [2.05, 4.69) is 26.1 Å². The second kappa shape index (κ2) is 7.05. The summed E-state index contributed by atoms with van der Waals surface area (Å²) in [4.78, 5) is 0. The van der Waals surface area contributed by atoms with Gasteiger partial charge < -0.3 is 14.8 Å². The summed E-state index contributed by atoms with van der Waals surface area (Å²) in [7, 11) is 0. The number of hydrogen-bond donors (Lipinski definition) is 1. The van der Waals surface area contributed by atoms with Gasteiger partial charge in [0.2, 0.25) is 0 Å². The first-order valence-electron chi connectivity index (χ1n) is 8.23. The fraction of sp³-hybridized carbons (Fsp3) is 1.00. The Balaban J connectivity index is 1.82. The molecular formula is C16H31NO2. The Morgan fingerprint density at radius 2 is 2.00 bits per heavy atom. The van der Waals surface area contributed by atoms with Crippen LogP contribution in [0.2, 0.25) is 0 Å². The Morgan fingerprint density at radius 3 is 2.58 bits per heavy atom. The minimum absolute atomic E-state index is 0.346. The van der Waals surface area contributed by atoms with Crippen LogP contribution in [0.25, 0.3) is 0 Å². The van der Waals surface area contributed by atoms with Crippen LogP contribution >= 0.6 is 0 Å². The van der Waals surface area contributed by atoms with Gasteiger partial charge in [0, 0.05) is 18.1 Å². The maximum Gasteiger partial charge on any atom is 0.0808 e. The molecule has 1 N–H and O–H groups in total. The van der Waals surface area contributed by atoms with Crippen LogP contribution in [0, 0.1) is 5.41 Å². The summed E-state index contributed by atoms with van der Waals surface area (Å²) in [5.41, 5.74) is 0.352. The first-order chi connectivity index (χ1) is 9.26. The van der Waals surface area contributed by atoms with Crippen molar-refractivity contribution in [2.24, 2.45) is 5.41 Å². The largest absolute Gasteiger partial charge is 0.376 e. The molecule has 0 spiro atoms. The molecule has 0 amide bonds. The van der Waals surface area contributed by atoms with Crippen LogP contribution in [0.5, 0.6) is 0 Å². The maximum absolute atomic E-state index is 6.23. The summed E-state index contributed by atoms with van der Waals surface area (Å²) in [5, 5.41) is 3.63. The predicted octanol–water partition coefficient (Wildman–Crippen LogP) is 3.13. The molecule has 1 saturated heterocycles. The zero-order valence-corrected chi connectivity index (χ0v) is 12.9. The fourth-order valence-electron chi connectivity index (χ4n) is 3.87. The normalized spacial score (nSPS) is 33.9. The van der Waals surface area contributed by atoms with Crippen molar-refractivity contribution >= 4 is 0 Å². The summed E-state index contributed by atoms with van der Waals surface area (Å²) >= 11 is 0. The number of hydrogen-bond acceptors (Lipinski definition) is 3. The van der Waals surface area contributed by atoms with E-state index in [4.69, 9.17) is 9.47 Å². The van der Waals surface area contributed by atoms with Gasteiger partial charge in [-0.2, -0.15) is 0 Å². The summed E-state index contributed by atoms with van der Waals surface area (Å²) < 4.78 is 12.0. The molecule has 3 atom stereocenters. The van der Waals surface area contributed by atoms with Gasteiger partial charge in [-0.25, -0.2) is 0 Å². The van der Waals surface area contributed by atoms with Crippen molar-refractivity contribution in [1.82, 2.24) is 5.32 Å². The van der Waals surface area contributed by atoms with Crippen LogP contribution in [-0.2, 0) is 9.47 Å². The molecule has 3 nitrogen and oxygen atoms in total. The molecule has 0 bridgehead atoms. The van der Waals surface area contributed by atoms with E-state index in [1.807, 2.05) is 0 Å². The van der Waals surface area contributed by atoms with E-state index in [0.717, 1.165) is 19.8 Å². The summed E-state index contributed by atoms with van der Waals surface area (Å²) in [6.07, 6.45) is 8.04. The van der Waals surface area contributed by atoms with E-state index in [1.165, 1.54) is 38.5 Å². The lowest BCUT2D eigenvalue weighted by Crippen LogP contribution is -2.63. The zero-order valence-electron chi connectivity index (χ0n) is 12.9. The molecule has 1 saturated carbocycles. The standard InChI is InChI=1S/C16H31NO2/c1-4-16(5-2)14(17-6-3)11-15(16)19-12-13-9-7-8-10-18-13/h13-15,17H,4-12H2,1-3H3. The smallest absolute Gasteiger partial charge is 0.0808 e. The second-order valence-corrected chi connectivity index (χ2v) is 6.10. The lowest BCUT2D eigenvalue weighted by Gasteiger charge is -2.56. The molecule has 3 unspecified atom stereocenters. The Hall–Kier alpha value is -0.120. The van der Waals surface area contributed by atoms with Gasteiger partial charge in [0.05, 0.1) is 18.8 Å². The third-order valence-electron chi connectivity index (χ3n) is 5.31. The molecular weight excluding hydrogens is 238 g/mol. The van der Waals surface area contributed by atoms with Gasteiger partial charge in [-0.15, -0.1) is 0 Å². The molecule has 0 aromatic carbocycles. The molecule has 1 aliphatic heterocycles. The van der Waals surface area contributed by atoms with E-state index >= 15 is 0 Å². The van der Waals surface area contributed by atoms with Crippen molar-refractivity contribution in [1.29, 1.82) is 0 Å². The first kappa shape index (κ1) is 15.3. The summed E-state index contributed by atoms with van der Waals surface area (Å²) in [5.74, 6) is 0. The topological polar surface area (TPSA) is 30.5 Å². The summed E-state index contributed by atoms with van der Waals surface area (Å²) in [6, 6.07) is 0.643. The van der Waals surface area contributed by atoms with Crippen molar-refractivity contribution < 1.29 is 9.47 Å². The van der Waals surface area contributed by atoms with Gasteiger partial charge in [-0.05, 0) is 45.1 Å². The Morgan fingerprint density at radius 1 is 1.21 bits per heavy atom. The minimum Gasteiger partial charge on any atom is -0.376 e. The van der Waals surface area contributed by atoms with E-state index in [1.54, 1.807) is 0 Å². The van der Waals surface area contributed by atoms with Gasteiger partial charge >= 0.3 is 0 Å². The van der Waals surface area contributed by atoms with E-state index in [9.17, 15) is 0 Å². The highest BCUT2D eigenvalue weighted by atomic mass is 16.5. The van der Waals surface area contributed by atoms with Gasteiger partial charge in [-0.3, -0.25) is 0 Å². The molecule has 2 fully saturated rings. The molecule has 1 aliphatic carbocycles. The Bertz CT molecular complexity index is 259. The first-order valence-corrected chi connectivity index (χ1v) is 8.23. The maximum atomic E-state index is 6.23. The molecule has 2 rings (SSSR count). The lowest BCUT2D eigenvalue weighted by molar-refractivity contribution is -0.163. The van der Waals surface area contributed by atoms with Crippen LogP contribution in [0.1, 0.15) is 59.3 Å². The van der Waals surface area contributed by atoms with Crippen LogP contribution in [0.3, 0.4) is 0 Å².